The van der Waals surface area contributed by atoms with Crippen molar-refractivity contribution in [2.75, 3.05) is 0 Å². The van der Waals surface area contributed by atoms with Gasteiger partial charge in [0.15, 0.2) is 6.10 Å². The molecule has 0 aliphatic rings. The van der Waals surface area contributed by atoms with Gasteiger partial charge in [-0.1, -0.05) is 27.7 Å². The predicted molar refractivity (Wildman–Crippen MR) is 80.6 cm³/mol. The highest BCUT2D eigenvalue weighted by Crippen LogP contribution is 2.11. The lowest BCUT2D eigenvalue weighted by Crippen LogP contribution is -2.31. The molecule has 5 heteroatoms. The molecule has 0 fully saturated rings. The summed E-state index contributed by atoms with van der Waals surface area (Å²) in [6.45, 7) is 11.7. The summed E-state index contributed by atoms with van der Waals surface area (Å²) in [6.07, 6.45) is -0.858. The molecule has 0 heterocycles. The van der Waals surface area contributed by atoms with Gasteiger partial charge in [0.2, 0.25) is 0 Å². The SMILES string of the molecule is CC(C)CC(C)OC(=O)CC(O)C(=O)OC(C)CC(C)C. The maximum atomic E-state index is 11.7. The fourth-order valence-electron chi connectivity index (χ4n) is 2.21. The van der Waals surface area contributed by atoms with Crippen molar-refractivity contribution in [3.8, 4) is 0 Å². The van der Waals surface area contributed by atoms with Crippen LogP contribution in [-0.4, -0.2) is 35.4 Å². The zero-order valence-corrected chi connectivity index (χ0v) is 14.1. The highest BCUT2D eigenvalue weighted by molar-refractivity contribution is 5.81. The normalized spacial score (nSPS) is 15.7. The Labute approximate surface area is 128 Å². The van der Waals surface area contributed by atoms with E-state index in [1.807, 2.05) is 27.7 Å². The summed E-state index contributed by atoms with van der Waals surface area (Å²) in [7, 11) is 0. The molecule has 0 radical (unpaired) electrons. The van der Waals surface area contributed by atoms with E-state index in [2.05, 4.69) is 0 Å². The lowest BCUT2D eigenvalue weighted by atomic mass is 10.1. The van der Waals surface area contributed by atoms with Crippen LogP contribution in [0.1, 0.15) is 60.8 Å². The fourth-order valence-corrected chi connectivity index (χ4v) is 2.21. The van der Waals surface area contributed by atoms with Gasteiger partial charge in [-0.25, -0.2) is 4.79 Å². The third kappa shape index (κ3) is 10.3. The molecule has 3 atom stereocenters. The first-order valence-corrected chi connectivity index (χ1v) is 7.69. The number of esters is 2. The zero-order valence-electron chi connectivity index (χ0n) is 14.1. The van der Waals surface area contributed by atoms with Crippen LogP contribution in [0.2, 0.25) is 0 Å². The third-order valence-electron chi connectivity index (χ3n) is 2.89. The van der Waals surface area contributed by atoms with Crippen LogP contribution in [0, 0.1) is 11.8 Å². The maximum absolute atomic E-state index is 11.7. The summed E-state index contributed by atoms with van der Waals surface area (Å²) in [4.78, 5) is 23.3. The lowest BCUT2D eigenvalue weighted by Gasteiger charge is -2.19. The smallest absolute Gasteiger partial charge is 0.335 e. The molecule has 3 unspecified atom stereocenters. The van der Waals surface area contributed by atoms with E-state index in [-0.39, 0.29) is 18.6 Å². The van der Waals surface area contributed by atoms with Crippen molar-refractivity contribution in [3.63, 3.8) is 0 Å². The van der Waals surface area contributed by atoms with Crippen LogP contribution in [0.25, 0.3) is 0 Å². The average molecular weight is 302 g/mol. The molecule has 0 aromatic rings. The molecule has 21 heavy (non-hydrogen) atoms. The number of rotatable bonds is 9. The Morgan fingerprint density at radius 3 is 1.71 bits per heavy atom. The van der Waals surface area contributed by atoms with Gasteiger partial charge >= 0.3 is 11.9 Å². The molecule has 0 spiro atoms. The van der Waals surface area contributed by atoms with Crippen molar-refractivity contribution in [1.82, 2.24) is 0 Å². The van der Waals surface area contributed by atoms with Gasteiger partial charge in [0, 0.05) is 0 Å². The van der Waals surface area contributed by atoms with E-state index < -0.39 is 18.0 Å². The minimum Gasteiger partial charge on any atom is -0.463 e. The predicted octanol–water partition coefficient (Wildman–Crippen LogP) is 2.69. The molecule has 0 aliphatic carbocycles. The number of ether oxygens (including phenoxy) is 2. The zero-order chi connectivity index (χ0) is 16.6. The number of carbonyl (C=O) groups excluding carboxylic acids is 2. The third-order valence-corrected chi connectivity index (χ3v) is 2.89. The highest BCUT2D eigenvalue weighted by Gasteiger charge is 2.24. The van der Waals surface area contributed by atoms with E-state index in [1.54, 1.807) is 13.8 Å². The van der Waals surface area contributed by atoms with E-state index >= 15 is 0 Å². The second kappa shape index (κ2) is 9.77. The second-order valence-corrected chi connectivity index (χ2v) is 6.53. The first-order valence-electron chi connectivity index (χ1n) is 7.69. The van der Waals surface area contributed by atoms with Crippen LogP contribution < -0.4 is 0 Å². The van der Waals surface area contributed by atoms with Crippen LogP contribution in [0.15, 0.2) is 0 Å². The van der Waals surface area contributed by atoms with Gasteiger partial charge in [0.25, 0.3) is 0 Å². The number of hydrogen-bond acceptors (Lipinski definition) is 5. The van der Waals surface area contributed by atoms with Gasteiger partial charge in [0.1, 0.15) is 0 Å². The molecular weight excluding hydrogens is 272 g/mol. The Kier molecular flexibility index (Phi) is 9.26. The van der Waals surface area contributed by atoms with Gasteiger partial charge in [-0.2, -0.15) is 0 Å². The second-order valence-electron chi connectivity index (χ2n) is 6.53. The van der Waals surface area contributed by atoms with E-state index in [0.717, 1.165) is 6.42 Å². The van der Waals surface area contributed by atoms with E-state index in [1.165, 1.54) is 0 Å². The van der Waals surface area contributed by atoms with Crippen LogP contribution in [-0.2, 0) is 19.1 Å². The van der Waals surface area contributed by atoms with E-state index in [0.29, 0.717) is 18.3 Å². The van der Waals surface area contributed by atoms with E-state index in [9.17, 15) is 14.7 Å². The summed E-state index contributed by atoms with van der Waals surface area (Å²) < 4.78 is 10.2. The molecular formula is C16H30O5. The van der Waals surface area contributed by atoms with E-state index in [4.69, 9.17) is 9.47 Å². The summed E-state index contributed by atoms with van der Waals surface area (Å²) in [5, 5.41) is 9.69. The standard InChI is InChI=1S/C16H30O5/c1-10(2)7-12(5)20-15(18)9-14(17)16(19)21-13(6)8-11(3)4/h10-14,17H,7-9H2,1-6H3. The minimum atomic E-state index is -1.46. The van der Waals surface area contributed by atoms with Crippen LogP contribution in [0.3, 0.4) is 0 Å². The Hall–Kier alpha value is -1.10. The number of hydrogen-bond donors (Lipinski definition) is 1. The summed E-state index contributed by atoms with van der Waals surface area (Å²) in [5.41, 5.74) is 0. The van der Waals surface area contributed by atoms with Gasteiger partial charge < -0.3 is 14.6 Å². The minimum absolute atomic E-state index is 0.222. The largest absolute Gasteiger partial charge is 0.463 e. The molecule has 0 saturated heterocycles. The number of carbonyl (C=O) groups is 2. The van der Waals surface area contributed by atoms with Crippen molar-refractivity contribution in [3.05, 3.63) is 0 Å². The number of aliphatic hydroxyl groups is 1. The topological polar surface area (TPSA) is 72.8 Å². The molecule has 0 bridgehead atoms. The molecule has 0 aromatic carbocycles. The van der Waals surface area contributed by atoms with Crippen molar-refractivity contribution >= 4 is 11.9 Å². The van der Waals surface area contributed by atoms with Gasteiger partial charge in [-0.15, -0.1) is 0 Å². The van der Waals surface area contributed by atoms with Crippen molar-refractivity contribution in [1.29, 1.82) is 0 Å². The van der Waals surface area contributed by atoms with Gasteiger partial charge in [0.05, 0.1) is 18.6 Å². The Morgan fingerprint density at radius 2 is 1.29 bits per heavy atom. The fraction of sp³-hybridized carbons (Fsp3) is 0.875. The Balaban J connectivity index is 4.13. The lowest BCUT2D eigenvalue weighted by molar-refractivity contribution is -0.165. The molecule has 1 N–H and O–H groups in total. The molecule has 0 aromatic heterocycles. The van der Waals surface area contributed by atoms with Crippen LogP contribution in [0.5, 0.6) is 0 Å². The van der Waals surface area contributed by atoms with Crippen molar-refractivity contribution in [2.24, 2.45) is 11.8 Å². The maximum Gasteiger partial charge on any atom is 0.335 e. The quantitative estimate of drug-likeness (QED) is 0.663. The Morgan fingerprint density at radius 1 is 0.857 bits per heavy atom. The monoisotopic (exact) mass is 302 g/mol. The van der Waals surface area contributed by atoms with Crippen LogP contribution >= 0.6 is 0 Å². The van der Waals surface area contributed by atoms with Crippen molar-refractivity contribution in [2.45, 2.75) is 79.1 Å². The molecule has 0 saturated carbocycles. The first-order chi connectivity index (χ1) is 9.61. The molecule has 124 valence electrons. The van der Waals surface area contributed by atoms with Gasteiger partial charge in [-0.3, -0.25) is 4.79 Å². The van der Waals surface area contributed by atoms with Crippen LogP contribution in [0.4, 0.5) is 0 Å². The highest BCUT2D eigenvalue weighted by atomic mass is 16.6. The summed E-state index contributed by atoms with van der Waals surface area (Å²) >= 11 is 0. The average Bonchev–Trinajstić information content (AvgIpc) is 2.25. The van der Waals surface area contributed by atoms with Crippen molar-refractivity contribution < 1.29 is 24.2 Å². The molecule has 0 amide bonds. The molecule has 5 nitrogen and oxygen atoms in total. The molecule has 0 aliphatic heterocycles. The Bertz CT molecular complexity index is 325. The number of aliphatic hydroxyl groups excluding tert-OH is 1. The van der Waals surface area contributed by atoms with Gasteiger partial charge in [-0.05, 0) is 38.5 Å². The summed E-state index contributed by atoms with van der Waals surface area (Å²) in [5.74, 6) is -0.535. The summed E-state index contributed by atoms with van der Waals surface area (Å²) in [6, 6.07) is 0. The molecule has 0 rings (SSSR count). The first kappa shape index (κ1) is 19.9.